The van der Waals surface area contributed by atoms with E-state index in [1.165, 1.54) is 0 Å². The fraction of sp³-hybridized carbons (Fsp3) is 0.467. The predicted octanol–water partition coefficient (Wildman–Crippen LogP) is 2.34. The molecule has 1 heterocycles. The van der Waals surface area contributed by atoms with E-state index in [2.05, 4.69) is 15.6 Å². The van der Waals surface area contributed by atoms with Crippen molar-refractivity contribution in [3.8, 4) is 0 Å². The Kier molecular flexibility index (Phi) is 5.14. The molecule has 1 unspecified atom stereocenters. The Hall–Kier alpha value is -1.66. The van der Waals surface area contributed by atoms with Gasteiger partial charge in [0.15, 0.2) is 5.13 Å². The molecule has 0 saturated carbocycles. The number of carbonyl (C=O) groups is 1. The number of para-hydroxylation sites is 1. The number of hydrogen-bond acceptors (Lipinski definition) is 5. The Balaban J connectivity index is 1.78. The van der Waals surface area contributed by atoms with E-state index >= 15 is 0 Å². The van der Waals surface area contributed by atoms with E-state index in [9.17, 15) is 4.79 Å². The molecule has 0 spiro atoms. The lowest BCUT2D eigenvalue weighted by molar-refractivity contribution is -0.125. The predicted molar refractivity (Wildman–Crippen MR) is 88.6 cm³/mol. The smallest absolute Gasteiger partial charge is 0.239 e. The molecule has 2 aromatic rings. The first-order valence-corrected chi connectivity index (χ1v) is 8.01. The molecule has 0 bridgehead atoms. The van der Waals surface area contributed by atoms with Gasteiger partial charge in [0.1, 0.15) is 0 Å². The number of rotatable bonds is 7. The van der Waals surface area contributed by atoms with Gasteiger partial charge in [-0.2, -0.15) is 0 Å². The number of anilines is 1. The van der Waals surface area contributed by atoms with E-state index in [0.717, 1.165) is 21.8 Å². The van der Waals surface area contributed by atoms with Crippen LogP contribution in [0, 0.1) is 0 Å². The van der Waals surface area contributed by atoms with Gasteiger partial charge in [-0.05, 0) is 25.5 Å². The zero-order chi connectivity index (χ0) is 15.3. The summed E-state index contributed by atoms with van der Waals surface area (Å²) in [5.74, 6) is -0.101. The van der Waals surface area contributed by atoms with Crippen molar-refractivity contribution in [2.45, 2.75) is 32.2 Å². The molecule has 6 heteroatoms. The maximum atomic E-state index is 11.9. The minimum absolute atomic E-state index is 0.101. The monoisotopic (exact) mass is 306 g/mol. The van der Waals surface area contributed by atoms with Gasteiger partial charge in [-0.25, -0.2) is 4.98 Å². The lowest BCUT2D eigenvalue weighted by atomic mass is 9.97. The van der Waals surface area contributed by atoms with Crippen LogP contribution < -0.4 is 16.4 Å². The summed E-state index contributed by atoms with van der Waals surface area (Å²) in [4.78, 5) is 16.4. The quantitative estimate of drug-likeness (QED) is 0.686. The van der Waals surface area contributed by atoms with Crippen molar-refractivity contribution in [1.29, 1.82) is 0 Å². The first-order valence-electron chi connectivity index (χ1n) is 7.19. The molecular formula is C15H22N4OS. The van der Waals surface area contributed by atoms with Gasteiger partial charge in [0.05, 0.1) is 15.8 Å². The third-order valence-electron chi connectivity index (χ3n) is 3.27. The van der Waals surface area contributed by atoms with E-state index in [0.29, 0.717) is 19.5 Å². The largest absolute Gasteiger partial charge is 0.360 e. The van der Waals surface area contributed by atoms with E-state index in [-0.39, 0.29) is 5.91 Å². The normalized spacial score (nSPS) is 13.9. The number of carbonyl (C=O) groups excluding carboxylic acids is 1. The standard InChI is InChI=1S/C15H22N4OS/c1-3-8-15(2,16)13(20)17-9-10-18-14-19-11-6-4-5-7-12(11)21-14/h4-7H,3,8-10,16H2,1-2H3,(H,17,20)(H,18,19). The van der Waals surface area contributed by atoms with E-state index < -0.39 is 5.54 Å². The second kappa shape index (κ2) is 6.87. The summed E-state index contributed by atoms with van der Waals surface area (Å²) in [6, 6.07) is 8.01. The van der Waals surface area contributed by atoms with Crippen molar-refractivity contribution in [2.24, 2.45) is 5.73 Å². The molecule has 0 radical (unpaired) electrons. The molecule has 0 aliphatic heterocycles. The summed E-state index contributed by atoms with van der Waals surface area (Å²) < 4.78 is 1.15. The highest BCUT2D eigenvalue weighted by molar-refractivity contribution is 7.22. The number of thiazole rings is 1. The number of aromatic nitrogens is 1. The van der Waals surface area contributed by atoms with E-state index in [1.54, 1.807) is 18.3 Å². The number of amides is 1. The van der Waals surface area contributed by atoms with Crippen molar-refractivity contribution in [3.05, 3.63) is 24.3 Å². The molecule has 2 rings (SSSR count). The summed E-state index contributed by atoms with van der Waals surface area (Å²) in [5.41, 5.74) is 6.18. The molecule has 0 fully saturated rings. The zero-order valence-electron chi connectivity index (χ0n) is 12.5. The minimum atomic E-state index is -0.787. The van der Waals surface area contributed by atoms with E-state index in [4.69, 9.17) is 5.73 Å². The van der Waals surface area contributed by atoms with Crippen molar-refractivity contribution in [3.63, 3.8) is 0 Å². The third-order valence-corrected chi connectivity index (χ3v) is 4.26. The van der Waals surface area contributed by atoms with Crippen LogP contribution in [0.25, 0.3) is 10.2 Å². The van der Waals surface area contributed by atoms with Crippen molar-refractivity contribution in [2.75, 3.05) is 18.4 Å². The van der Waals surface area contributed by atoms with Gasteiger partial charge in [-0.3, -0.25) is 4.79 Å². The van der Waals surface area contributed by atoms with Crippen LogP contribution in [0.3, 0.4) is 0 Å². The zero-order valence-corrected chi connectivity index (χ0v) is 13.3. The molecule has 0 aliphatic rings. The van der Waals surface area contributed by atoms with Crippen molar-refractivity contribution in [1.82, 2.24) is 10.3 Å². The molecular weight excluding hydrogens is 284 g/mol. The molecule has 5 nitrogen and oxygen atoms in total. The second-order valence-corrected chi connectivity index (χ2v) is 6.37. The van der Waals surface area contributed by atoms with Crippen LogP contribution in [-0.4, -0.2) is 29.5 Å². The molecule has 4 N–H and O–H groups in total. The van der Waals surface area contributed by atoms with Gasteiger partial charge in [0.2, 0.25) is 5.91 Å². The number of nitrogens with zero attached hydrogens (tertiary/aromatic N) is 1. The maximum Gasteiger partial charge on any atom is 0.239 e. The lowest BCUT2D eigenvalue weighted by Gasteiger charge is -2.22. The van der Waals surface area contributed by atoms with Crippen LogP contribution in [0.5, 0.6) is 0 Å². The SMILES string of the molecule is CCCC(C)(N)C(=O)NCCNc1nc2ccccc2s1. The average Bonchev–Trinajstić information content (AvgIpc) is 2.85. The fourth-order valence-corrected chi connectivity index (χ4v) is 3.02. The van der Waals surface area contributed by atoms with Crippen LogP contribution in [0.2, 0.25) is 0 Å². The maximum absolute atomic E-state index is 11.9. The molecule has 1 aromatic heterocycles. The lowest BCUT2D eigenvalue weighted by Crippen LogP contribution is -2.52. The number of nitrogens with two attached hydrogens (primary N) is 1. The summed E-state index contributed by atoms with van der Waals surface area (Å²) in [5, 5.41) is 6.96. The van der Waals surface area contributed by atoms with Gasteiger partial charge >= 0.3 is 0 Å². The van der Waals surface area contributed by atoms with Crippen LogP contribution in [0.15, 0.2) is 24.3 Å². The summed E-state index contributed by atoms with van der Waals surface area (Å²) in [7, 11) is 0. The number of benzene rings is 1. The Bertz CT molecular complexity index is 575. The first kappa shape index (κ1) is 15.7. The Morgan fingerprint density at radius 3 is 2.86 bits per heavy atom. The van der Waals surface area contributed by atoms with Crippen LogP contribution in [0.4, 0.5) is 5.13 Å². The Morgan fingerprint density at radius 2 is 2.14 bits per heavy atom. The Morgan fingerprint density at radius 1 is 1.38 bits per heavy atom. The topological polar surface area (TPSA) is 80.0 Å². The van der Waals surface area contributed by atoms with Crippen molar-refractivity contribution < 1.29 is 4.79 Å². The molecule has 1 amide bonds. The number of hydrogen-bond donors (Lipinski definition) is 3. The number of fused-ring (bicyclic) bond motifs is 1. The first-order chi connectivity index (χ1) is 10.0. The van der Waals surface area contributed by atoms with Gasteiger partial charge in [-0.1, -0.05) is 36.8 Å². The van der Waals surface area contributed by atoms with Crippen LogP contribution in [0.1, 0.15) is 26.7 Å². The second-order valence-electron chi connectivity index (χ2n) is 5.34. The highest BCUT2D eigenvalue weighted by Crippen LogP contribution is 2.24. The van der Waals surface area contributed by atoms with Gasteiger partial charge in [-0.15, -0.1) is 0 Å². The highest BCUT2D eigenvalue weighted by Gasteiger charge is 2.26. The third kappa shape index (κ3) is 4.15. The van der Waals surface area contributed by atoms with Crippen LogP contribution >= 0.6 is 11.3 Å². The molecule has 1 aromatic carbocycles. The highest BCUT2D eigenvalue weighted by atomic mass is 32.1. The molecule has 0 saturated heterocycles. The average molecular weight is 306 g/mol. The molecule has 0 aliphatic carbocycles. The van der Waals surface area contributed by atoms with Gasteiger partial charge in [0.25, 0.3) is 0 Å². The fourth-order valence-electron chi connectivity index (χ4n) is 2.13. The molecule has 1 atom stereocenters. The van der Waals surface area contributed by atoms with Crippen LogP contribution in [-0.2, 0) is 4.79 Å². The molecule has 21 heavy (non-hydrogen) atoms. The number of nitrogens with one attached hydrogen (secondary N) is 2. The van der Waals surface area contributed by atoms with E-state index in [1.807, 2.05) is 31.2 Å². The summed E-state index contributed by atoms with van der Waals surface area (Å²) >= 11 is 1.61. The van der Waals surface area contributed by atoms with Gasteiger partial charge < -0.3 is 16.4 Å². The van der Waals surface area contributed by atoms with Gasteiger partial charge in [0, 0.05) is 13.1 Å². The summed E-state index contributed by atoms with van der Waals surface area (Å²) in [6.07, 6.45) is 1.58. The summed E-state index contributed by atoms with van der Waals surface area (Å²) in [6.45, 7) is 4.96. The Labute approximate surface area is 128 Å². The minimum Gasteiger partial charge on any atom is -0.360 e. The van der Waals surface area contributed by atoms with Crippen molar-refractivity contribution >= 4 is 32.6 Å². The molecule has 114 valence electrons.